The number of carbonyl (C=O) groups is 1. The Morgan fingerprint density at radius 3 is 2.59 bits per heavy atom. The normalized spacial score (nSPS) is 15.1. The predicted octanol–water partition coefficient (Wildman–Crippen LogP) is 2.18. The van der Waals surface area contributed by atoms with Crippen LogP contribution in [0.1, 0.15) is 24.8 Å². The number of amides is 1. The predicted molar refractivity (Wildman–Crippen MR) is 139 cm³/mol. The first-order valence-corrected chi connectivity index (χ1v) is 11.1. The van der Waals surface area contributed by atoms with Gasteiger partial charge in [0.15, 0.2) is 5.96 Å². The zero-order valence-electron chi connectivity index (χ0n) is 19.1. The summed E-state index contributed by atoms with van der Waals surface area (Å²) in [6.07, 6.45) is 6.80. The fraction of sp³-hybridized carbons (Fsp3) is 0.522. The Balaban J connectivity index is 0.00000363. The van der Waals surface area contributed by atoms with E-state index in [0.29, 0.717) is 6.04 Å². The van der Waals surface area contributed by atoms with Gasteiger partial charge in [-0.1, -0.05) is 30.3 Å². The maximum absolute atomic E-state index is 12.0. The summed E-state index contributed by atoms with van der Waals surface area (Å²) in [6.45, 7) is 4.87. The van der Waals surface area contributed by atoms with E-state index < -0.39 is 0 Å². The van der Waals surface area contributed by atoms with E-state index in [-0.39, 0.29) is 36.4 Å². The van der Waals surface area contributed by atoms with E-state index in [4.69, 9.17) is 0 Å². The standard InChI is InChI=1S/C23H35N7O.HI/c1-28(2)22(31)18-25-23(24-12-6-14-30-15-7-13-26-30)27-21-10-16-29(17-11-21)19-20-8-4-3-5-9-20;/h3-5,7-9,13,15,21H,6,10-12,14,16-19H2,1-2H3,(H2,24,25,27);1H. The van der Waals surface area contributed by atoms with Crippen LogP contribution < -0.4 is 10.6 Å². The van der Waals surface area contributed by atoms with Crippen molar-refractivity contribution >= 4 is 35.8 Å². The molecular weight excluding hydrogens is 517 g/mol. The largest absolute Gasteiger partial charge is 0.356 e. The lowest BCUT2D eigenvalue weighted by molar-refractivity contribution is -0.127. The minimum Gasteiger partial charge on any atom is -0.356 e. The number of aryl methyl sites for hydroxylation is 1. The number of rotatable bonds is 9. The molecule has 1 amide bonds. The average Bonchev–Trinajstić information content (AvgIpc) is 3.30. The number of aliphatic imine (C=N–C) groups is 1. The van der Waals surface area contributed by atoms with Crippen molar-refractivity contribution in [2.45, 2.75) is 38.4 Å². The van der Waals surface area contributed by atoms with Crippen LogP contribution in [0, 0.1) is 0 Å². The molecule has 0 atom stereocenters. The number of hydrogen-bond acceptors (Lipinski definition) is 4. The molecular formula is C23H36IN7O. The number of nitrogens with zero attached hydrogens (tertiary/aromatic N) is 5. The van der Waals surface area contributed by atoms with E-state index in [1.807, 2.05) is 16.9 Å². The molecule has 0 aliphatic carbocycles. The van der Waals surface area contributed by atoms with Crippen molar-refractivity contribution in [3.63, 3.8) is 0 Å². The highest BCUT2D eigenvalue weighted by Gasteiger charge is 2.20. The maximum Gasteiger partial charge on any atom is 0.243 e. The third-order valence-electron chi connectivity index (χ3n) is 5.46. The second kappa shape index (κ2) is 14.1. The van der Waals surface area contributed by atoms with Crippen molar-refractivity contribution in [3.8, 4) is 0 Å². The number of halogens is 1. The molecule has 1 fully saturated rings. The van der Waals surface area contributed by atoms with Crippen molar-refractivity contribution < 1.29 is 4.79 Å². The van der Waals surface area contributed by atoms with Gasteiger partial charge in [-0.2, -0.15) is 5.10 Å². The van der Waals surface area contributed by atoms with Crippen LogP contribution in [0.4, 0.5) is 0 Å². The number of likely N-dealkylation sites (tertiary alicyclic amines) is 1. The van der Waals surface area contributed by atoms with E-state index in [1.54, 1.807) is 25.2 Å². The van der Waals surface area contributed by atoms with Crippen LogP contribution in [-0.4, -0.2) is 77.8 Å². The van der Waals surface area contributed by atoms with Gasteiger partial charge in [-0.05, 0) is 30.9 Å². The van der Waals surface area contributed by atoms with Gasteiger partial charge < -0.3 is 15.5 Å². The highest BCUT2D eigenvalue weighted by atomic mass is 127. The van der Waals surface area contributed by atoms with Gasteiger partial charge >= 0.3 is 0 Å². The summed E-state index contributed by atoms with van der Waals surface area (Å²) in [6, 6.07) is 12.9. The molecule has 0 radical (unpaired) electrons. The van der Waals surface area contributed by atoms with Crippen molar-refractivity contribution in [2.75, 3.05) is 40.3 Å². The Morgan fingerprint density at radius 1 is 1.19 bits per heavy atom. The zero-order valence-corrected chi connectivity index (χ0v) is 21.4. The summed E-state index contributed by atoms with van der Waals surface area (Å²) in [5.74, 6) is 0.715. The topological polar surface area (TPSA) is 77.8 Å². The molecule has 1 saturated heterocycles. The van der Waals surface area contributed by atoms with E-state index >= 15 is 0 Å². The van der Waals surface area contributed by atoms with Crippen molar-refractivity contribution in [1.82, 2.24) is 30.2 Å². The average molecular weight is 553 g/mol. The first-order valence-electron chi connectivity index (χ1n) is 11.1. The van der Waals surface area contributed by atoms with Gasteiger partial charge in [-0.15, -0.1) is 24.0 Å². The molecule has 1 aliphatic rings. The summed E-state index contributed by atoms with van der Waals surface area (Å²) >= 11 is 0. The van der Waals surface area contributed by atoms with Gasteiger partial charge in [0.2, 0.25) is 5.91 Å². The third kappa shape index (κ3) is 9.15. The summed E-state index contributed by atoms with van der Waals surface area (Å²) in [5, 5.41) is 11.2. The smallest absolute Gasteiger partial charge is 0.243 e. The minimum absolute atomic E-state index is 0. The van der Waals surface area contributed by atoms with Crippen LogP contribution in [0.15, 0.2) is 53.8 Å². The van der Waals surface area contributed by atoms with Crippen LogP contribution in [0.3, 0.4) is 0 Å². The molecule has 0 bridgehead atoms. The molecule has 8 nitrogen and oxygen atoms in total. The Bertz CT molecular complexity index is 803. The fourth-order valence-electron chi connectivity index (χ4n) is 3.59. The quantitative estimate of drug-likeness (QED) is 0.216. The van der Waals surface area contributed by atoms with E-state index in [2.05, 4.69) is 56.0 Å². The second-order valence-electron chi connectivity index (χ2n) is 8.18. The fourth-order valence-corrected chi connectivity index (χ4v) is 3.59. The summed E-state index contributed by atoms with van der Waals surface area (Å²) in [4.78, 5) is 20.6. The van der Waals surface area contributed by atoms with E-state index in [0.717, 1.165) is 57.9 Å². The molecule has 0 saturated carbocycles. The molecule has 2 N–H and O–H groups in total. The number of aromatic nitrogens is 2. The van der Waals surface area contributed by atoms with Gasteiger partial charge in [-0.3, -0.25) is 14.4 Å². The van der Waals surface area contributed by atoms with Gasteiger partial charge in [0.1, 0.15) is 6.54 Å². The molecule has 32 heavy (non-hydrogen) atoms. The highest BCUT2D eigenvalue weighted by Crippen LogP contribution is 2.13. The Kier molecular flexibility index (Phi) is 11.5. The molecule has 1 aliphatic heterocycles. The van der Waals surface area contributed by atoms with Crippen LogP contribution in [0.5, 0.6) is 0 Å². The molecule has 176 valence electrons. The van der Waals surface area contributed by atoms with Crippen LogP contribution >= 0.6 is 24.0 Å². The van der Waals surface area contributed by atoms with Crippen LogP contribution in [-0.2, 0) is 17.9 Å². The Morgan fingerprint density at radius 2 is 1.94 bits per heavy atom. The lowest BCUT2D eigenvalue weighted by Crippen LogP contribution is -2.49. The Labute approximate surface area is 208 Å². The molecule has 2 aromatic rings. The first-order chi connectivity index (χ1) is 15.1. The molecule has 1 aromatic heterocycles. The van der Waals surface area contributed by atoms with Gasteiger partial charge in [0.05, 0.1) is 0 Å². The summed E-state index contributed by atoms with van der Waals surface area (Å²) in [5.41, 5.74) is 1.36. The zero-order chi connectivity index (χ0) is 21.9. The van der Waals surface area contributed by atoms with Gasteiger partial charge in [0, 0.05) is 65.3 Å². The van der Waals surface area contributed by atoms with E-state index in [1.165, 1.54) is 5.56 Å². The summed E-state index contributed by atoms with van der Waals surface area (Å²) in [7, 11) is 3.51. The van der Waals surface area contributed by atoms with Crippen LogP contribution in [0.2, 0.25) is 0 Å². The van der Waals surface area contributed by atoms with Gasteiger partial charge in [-0.25, -0.2) is 4.99 Å². The number of likely N-dealkylation sites (N-methyl/N-ethyl adjacent to an activating group) is 1. The lowest BCUT2D eigenvalue weighted by atomic mass is 10.0. The molecule has 0 spiro atoms. The van der Waals surface area contributed by atoms with Crippen molar-refractivity contribution in [1.29, 1.82) is 0 Å². The van der Waals surface area contributed by atoms with Gasteiger partial charge in [0.25, 0.3) is 0 Å². The summed E-state index contributed by atoms with van der Waals surface area (Å²) < 4.78 is 1.92. The number of benzene rings is 1. The minimum atomic E-state index is -0.00433. The molecule has 0 unspecified atom stereocenters. The van der Waals surface area contributed by atoms with E-state index in [9.17, 15) is 4.79 Å². The SMILES string of the molecule is CN(C)C(=O)CN=C(NCCCn1cccn1)NC1CCN(Cc2ccccc2)CC1.I. The number of carbonyl (C=O) groups excluding carboxylic acids is 1. The number of nitrogens with one attached hydrogen (secondary N) is 2. The highest BCUT2D eigenvalue weighted by molar-refractivity contribution is 14.0. The lowest BCUT2D eigenvalue weighted by Gasteiger charge is -2.33. The number of hydrogen-bond donors (Lipinski definition) is 2. The first kappa shape index (κ1) is 26.1. The van der Waals surface area contributed by atoms with Crippen molar-refractivity contribution in [2.24, 2.45) is 4.99 Å². The molecule has 3 rings (SSSR count). The number of piperidine rings is 1. The second-order valence-corrected chi connectivity index (χ2v) is 8.18. The molecule has 1 aromatic carbocycles. The molecule has 9 heteroatoms. The maximum atomic E-state index is 12.0. The monoisotopic (exact) mass is 553 g/mol. The Hall–Kier alpha value is -2.14. The van der Waals surface area contributed by atoms with Crippen LogP contribution in [0.25, 0.3) is 0 Å². The third-order valence-corrected chi connectivity index (χ3v) is 5.46. The van der Waals surface area contributed by atoms with Crippen molar-refractivity contribution in [3.05, 3.63) is 54.4 Å². The molecule has 2 heterocycles. The number of guanidine groups is 1.